The van der Waals surface area contributed by atoms with Crippen molar-refractivity contribution in [3.63, 3.8) is 0 Å². The number of rotatable bonds is 5. The van der Waals surface area contributed by atoms with E-state index in [0.717, 1.165) is 6.42 Å². The summed E-state index contributed by atoms with van der Waals surface area (Å²) in [6.45, 7) is 4.42. The molecule has 0 bridgehead atoms. The minimum absolute atomic E-state index is 0.0140. The standard InChI is InChI=1S/C15H18Cl2N2O2/c1-3-19(15(21)10-7-9(10)2)8-13(20)18-14-11(16)5-4-6-12(14)17/h4-6,9-10H,3,7-8H2,1-2H3,(H,18,20)/t9-,10+/m1/s1. The number of likely N-dealkylation sites (N-methyl/N-ethyl adjacent to an activating group) is 1. The molecule has 0 unspecified atom stereocenters. The number of nitrogens with one attached hydrogen (secondary N) is 1. The first-order valence-electron chi connectivity index (χ1n) is 6.96. The first kappa shape index (κ1) is 16.1. The Balaban J connectivity index is 1.98. The second kappa shape index (κ2) is 6.67. The molecule has 0 heterocycles. The Morgan fingerprint density at radius 2 is 1.90 bits per heavy atom. The zero-order valence-electron chi connectivity index (χ0n) is 12.0. The highest BCUT2D eigenvalue weighted by atomic mass is 35.5. The largest absolute Gasteiger partial charge is 0.333 e. The number of hydrogen-bond acceptors (Lipinski definition) is 2. The lowest BCUT2D eigenvalue weighted by Crippen LogP contribution is -2.39. The third kappa shape index (κ3) is 3.89. The zero-order chi connectivity index (χ0) is 15.6. The molecular weight excluding hydrogens is 311 g/mol. The molecule has 0 aliphatic heterocycles. The molecule has 1 aromatic carbocycles. The van der Waals surface area contributed by atoms with Gasteiger partial charge in [-0.1, -0.05) is 36.2 Å². The normalized spacial score (nSPS) is 20.0. The average molecular weight is 329 g/mol. The van der Waals surface area contributed by atoms with Gasteiger partial charge in [-0.05, 0) is 31.4 Å². The summed E-state index contributed by atoms with van der Waals surface area (Å²) in [5, 5.41) is 3.42. The number of nitrogens with zero attached hydrogens (tertiary/aromatic N) is 1. The van der Waals surface area contributed by atoms with Crippen LogP contribution in [0.1, 0.15) is 20.3 Å². The van der Waals surface area contributed by atoms with Crippen LogP contribution in [0.4, 0.5) is 5.69 Å². The number of hydrogen-bond donors (Lipinski definition) is 1. The Bertz CT molecular complexity index is 542. The molecule has 21 heavy (non-hydrogen) atoms. The van der Waals surface area contributed by atoms with Gasteiger partial charge in [-0.15, -0.1) is 0 Å². The summed E-state index contributed by atoms with van der Waals surface area (Å²) in [7, 11) is 0. The smallest absolute Gasteiger partial charge is 0.244 e. The molecule has 0 spiro atoms. The Labute approximate surface area is 134 Å². The van der Waals surface area contributed by atoms with Gasteiger partial charge in [0.25, 0.3) is 0 Å². The highest BCUT2D eigenvalue weighted by Gasteiger charge is 2.41. The van der Waals surface area contributed by atoms with E-state index in [9.17, 15) is 9.59 Å². The lowest BCUT2D eigenvalue weighted by Gasteiger charge is -2.20. The monoisotopic (exact) mass is 328 g/mol. The number of benzene rings is 1. The first-order chi connectivity index (χ1) is 9.93. The van der Waals surface area contributed by atoms with Crippen molar-refractivity contribution in [2.24, 2.45) is 11.8 Å². The van der Waals surface area contributed by atoms with Crippen molar-refractivity contribution in [1.29, 1.82) is 0 Å². The van der Waals surface area contributed by atoms with Crippen LogP contribution >= 0.6 is 23.2 Å². The highest BCUT2D eigenvalue weighted by Crippen LogP contribution is 2.39. The predicted octanol–water partition coefficient (Wildman–Crippen LogP) is 3.44. The topological polar surface area (TPSA) is 49.4 Å². The summed E-state index contributed by atoms with van der Waals surface area (Å²) in [4.78, 5) is 25.8. The molecule has 1 aliphatic rings. The van der Waals surface area contributed by atoms with Crippen molar-refractivity contribution in [1.82, 2.24) is 4.90 Å². The lowest BCUT2D eigenvalue weighted by atomic mass is 10.2. The van der Waals surface area contributed by atoms with Gasteiger partial charge in [0.1, 0.15) is 0 Å². The fourth-order valence-corrected chi connectivity index (χ4v) is 2.71. The van der Waals surface area contributed by atoms with Crippen molar-refractivity contribution in [3.8, 4) is 0 Å². The maximum Gasteiger partial charge on any atom is 0.244 e. The van der Waals surface area contributed by atoms with Gasteiger partial charge in [-0.2, -0.15) is 0 Å². The van der Waals surface area contributed by atoms with Crippen LogP contribution in [0.5, 0.6) is 0 Å². The molecule has 114 valence electrons. The van der Waals surface area contributed by atoms with Gasteiger partial charge in [-0.25, -0.2) is 0 Å². The molecule has 0 radical (unpaired) electrons. The van der Waals surface area contributed by atoms with E-state index in [4.69, 9.17) is 23.2 Å². The van der Waals surface area contributed by atoms with Gasteiger partial charge in [0.05, 0.1) is 22.3 Å². The molecular formula is C15H18Cl2N2O2. The van der Waals surface area contributed by atoms with Crippen LogP contribution in [-0.4, -0.2) is 29.8 Å². The molecule has 2 rings (SSSR count). The van der Waals surface area contributed by atoms with Crippen LogP contribution in [-0.2, 0) is 9.59 Å². The van der Waals surface area contributed by atoms with E-state index in [-0.39, 0.29) is 24.3 Å². The van der Waals surface area contributed by atoms with Crippen molar-refractivity contribution < 1.29 is 9.59 Å². The molecule has 2 amide bonds. The predicted molar refractivity (Wildman–Crippen MR) is 84.6 cm³/mol. The summed E-state index contributed by atoms with van der Waals surface area (Å²) in [5.74, 6) is 0.244. The second-order valence-electron chi connectivity index (χ2n) is 5.32. The summed E-state index contributed by atoms with van der Waals surface area (Å²) in [6, 6.07) is 5.01. The second-order valence-corrected chi connectivity index (χ2v) is 6.13. The molecule has 6 heteroatoms. The lowest BCUT2D eigenvalue weighted by molar-refractivity contribution is -0.135. The van der Waals surface area contributed by atoms with E-state index in [1.807, 2.05) is 13.8 Å². The van der Waals surface area contributed by atoms with Gasteiger partial charge in [0.2, 0.25) is 11.8 Å². The maximum atomic E-state index is 12.2. The molecule has 0 aromatic heterocycles. The van der Waals surface area contributed by atoms with Crippen molar-refractivity contribution in [2.75, 3.05) is 18.4 Å². The number of carbonyl (C=O) groups is 2. The van der Waals surface area contributed by atoms with Gasteiger partial charge in [-0.3, -0.25) is 9.59 Å². The zero-order valence-corrected chi connectivity index (χ0v) is 13.5. The molecule has 0 saturated heterocycles. The van der Waals surface area contributed by atoms with Gasteiger partial charge >= 0.3 is 0 Å². The maximum absolute atomic E-state index is 12.2. The number of carbonyl (C=O) groups excluding carboxylic acids is 2. The van der Waals surface area contributed by atoms with Crippen molar-refractivity contribution in [3.05, 3.63) is 28.2 Å². The molecule has 1 aromatic rings. The summed E-state index contributed by atoms with van der Waals surface area (Å²) < 4.78 is 0. The summed E-state index contributed by atoms with van der Waals surface area (Å²) in [6.07, 6.45) is 0.910. The van der Waals surface area contributed by atoms with E-state index >= 15 is 0 Å². The molecule has 2 atom stereocenters. The van der Waals surface area contributed by atoms with Crippen LogP contribution in [0.15, 0.2) is 18.2 Å². The van der Waals surface area contributed by atoms with E-state index in [1.165, 1.54) is 0 Å². The number of amides is 2. The molecule has 1 N–H and O–H groups in total. The van der Waals surface area contributed by atoms with Gasteiger partial charge < -0.3 is 10.2 Å². The molecule has 1 aliphatic carbocycles. The Morgan fingerprint density at radius 1 is 1.33 bits per heavy atom. The Morgan fingerprint density at radius 3 is 2.38 bits per heavy atom. The van der Waals surface area contributed by atoms with Crippen LogP contribution in [0, 0.1) is 11.8 Å². The Kier molecular flexibility index (Phi) is 5.12. The Hall–Kier alpha value is -1.26. The SMILES string of the molecule is CCN(CC(=O)Nc1c(Cl)cccc1Cl)C(=O)[C@H]1C[C@H]1C. The average Bonchev–Trinajstić information content (AvgIpc) is 3.17. The quantitative estimate of drug-likeness (QED) is 0.900. The van der Waals surface area contributed by atoms with Crippen LogP contribution in [0.25, 0.3) is 0 Å². The van der Waals surface area contributed by atoms with E-state index in [0.29, 0.717) is 28.2 Å². The fraction of sp³-hybridized carbons (Fsp3) is 0.467. The molecule has 1 fully saturated rings. The third-order valence-corrected chi connectivity index (χ3v) is 4.31. The van der Waals surface area contributed by atoms with Gasteiger partial charge in [0.15, 0.2) is 0 Å². The minimum atomic E-state index is -0.298. The highest BCUT2D eigenvalue weighted by molar-refractivity contribution is 6.39. The van der Waals surface area contributed by atoms with E-state index in [2.05, 4.69) is 5.32 Å². The summed E-state index contributed by atoms with van der Waals surface area (Å²) in [5.41, 5.74) is 0.383. The molecule has 4 nitrogen and oxygen atoms in total. The minimum Gasteiger partial charge on any atom is -0.333 e. The number of halogens is 2. The number of para-hydroxylation sites is 1. The third-order valence-electron chi connectivity index (χ3n) is 3.68. The van der Waals surface area contributed by atoms with E-state index in [1.54, 1.807) is 23.1 Å². The van der Waals surface area contributed by atoms with Crippen molar-refractivity contribution in [2.45, 2.75) is 20.3 Å². The summed E-state index contributed by atoms with van der Waals surface area (Å²) >= 11 is 12.0. The van der Waals surface area contributed by atoms with Gasteiger partial charge in [0, 0.05) is 12.5 Å². The van der Waals surface area contributed by atoms with Crippen LogP contribution < -0.4 is 5.32 Å². The number of anilines is 1. The van der Waals surface area contributed by atoms with E-state index < -0.39 is 0 Å². The van der Waals surface area contributed by atoms with Crippen molar-refractivity contribution >= 4 is 40.7 Å². The first-order valence-corrected chi connectivity index (χ1v) is 7.72. The van der Waals surface area contributed by atoms with Crippen LogP contribution in [0.2, 0.25) is 10.0 Å². The van der Waals surface area contributed by atoms with Crippen LogP contribution in [0.3, 0.4) is 0 Å². The molecule has 1 saturated carbocycles. The fourth-order valence-electron chi connectivity index (χ4n) is 2.22.